The molecule has 0 saturated carbocycles. The summed E-state index contributed by atoms with van der Waals surface area (Å²) in [7, 11) is 0. The van der Waals surface area contributed by atoms with Crippen LogP contribution in [0.2, 0.25) is 0 Å². The molecule has 0 unspecified atom stereocenters. The molecule has 0 atom stereocenters. The van der Waals surface area contributed by atoms with E-state index in [0.717, 1.165) is 17.9 Å². The molecule has 4 nitrogen and oxygen atoms in total. The van der Waals surface area contributed by atoms with Crippen molar-refractivity contribution in [1.82, 2.24) is 19.7 Å². The van der Waals surface area contributed by atoms with Gasteiger partial charge in [0.25, 0.3) is 0 Å². The largest absolute Gasteiger partial charge is 0.343 e. The summed E-state index contributed by atoms with van der Waals surface area (Å²) in [4.78, 5) is 7.00. The second kappa shape index (κ2) is 3.65. The number of nitrogens with zero attached hydrogens (tertiary/aromatic N) is 3. The van der Waals surface area contributed by atoms with Crippen LogP contribution in [0.4, 0.5) is 0 Å². The summed E-state index contributed by atoms with van der Waals surface area (Å²) in [5, 5.41) is 4.44. The van der Waals surface area contributed by atoms with E-state index in [1.807, 2.05) is 16.9 Å². The Kier molecular flexibility index (Phi) is 2.35. The van der Waals surface area contributed by atoms with Crippen LogP contribution in [0, 0.1) is 5.92 Å². The van der Waals surface area contributed by atoms with Crippen molar-refractivity contribution in [3.05, 3.63) is 24.8 Å². The monoisotopic (exact) mass is 190 g/mol. The Bertz CT molecular complexity index is 386. The third-order valence-corrected chi connectivity index (χ3v) is 1.97. The standard InChI is InChI=1S/C10H14N4/c1-8(2)6-14-4-3-9(13-14)10-5-11-7-12-10/h3-5,7-8H,6H2,1-2H3,(H,11,12). The van der Waals surface area contributed by atoms with Gasteiger partial charge >= 0.3 is 0 Å². The van der Waals surface area contributed by atoms with Crippen molar-refractivity contribution in [2.24, 2.45) is 5.92 Å². The topological polar surface area (TPSA) is 46.5 Å². The summed E-state index contributed by atoms with van der Waals surface area (Å²) in [6.07, 6.45) is 5.44. The summed E-state index contributed by atoms with van der Waals surface area (Å²) in [5.74, 6) is 0.615. The lowest BCUT2D eigenvalue weighted by Gasteiger charge is -2.03. The van der Waals surface area contributed by atoms with E-state index in [9.17, 15) is 0 Å². The van der Waals surface area contributed by atoms with Gasteiger partial charge in [0.15, 0.2) is 0 Å². The second-order valence-corrected chi connectivity index (χ2v) is 3.78. The van der Waals surface area contributed by atoms with E-state index in [2.05, 4.69) is 28.9 Å². The Hall–Kier alpha value is -1.58. The molecule has 0 aromatic carbocycles. The van der Waals surface area contributed by atoms with Crippen LogP contribution in [0.5, 0.6) is 0 Å². The van der Waals surface area contributed by atoms with Crippen molar-refractivity contribution in [2.75, 3.05) is 0 Å². The fourth-order valence-corrected chi connectivity index (χ4v) is 1.38. The van der Waals surface area contributed by atoms with Crippen molar-refractivity contribution < 1.29 is 0 Å². The van der Waals surface area contributed by atoms with Gasteiger partial charge in [-0.1, -0.05) is 13.8 Å². The van der Waals surface area contributed by atoms with Gasteiger partial charge in [0, 0.05) is 12.7 Å². The third kappa shape index (κ3) is 1.84. The molecule has 2 aromatic heterocycles. The molecule has 1 N–H and O–H groups in total. The van der Waals surface area contributed by atoms with Gasteiger partial charge in [-0.25, -0.2) is 4.98 Å². The van der Waals surface area contributed by atoms with Crippen molar-refractivity contribution in [2.45, 2.75) is 20.4 Å². The van der Waals surface area contributed by atoms with Gasteiger partial charge < -0.3 is 4.98 Å². The highest BCUT2D eigenvalue weighted by atomic mass is 15.3. The first-order valence-electron chi connectivity index (χ1n) is 4.78. The van der Waals surface area contributed by atoms with Gasteiger partial charge in [-0.15, -0.1) is 0 Å². The fraction of sp³-hybridized carbons (Fsp3) is 0.400. The number of nitrogens with one attached hydrogen (secondary N) is 1. The SMILES string of the molecule is CC(C)Cn1ccc(-c2cnc[nH]2)n1. The molecule has 0 saturated heterocycles. The zero-order valence-corrected chi connectivity index (χ0v) is 8.44. The van der Waals surface area contributed by atoms with E-state index in [0.29, 0.717) is 5.92 Å². The quantitative estimate of drug-likeness (QED) is 0.803. The average molecular weight is 190 g/mol. The summed E-state index contributed by atoms with van der Waals surface area (Å²) in [6, 6.07) is 2.00. The molecule has 0 aliphatic rings. The van der Waals surface area contributed by atoms with Gasteiger partial charge in [0.2, 0.25) is 0 Å². The Morgan fingerprint density at radius 3 is 3.00 bits per heavy atom. The van der Waals surface area contributed by atoms with Crippen molar-refractivity contribution in [3.63, 3.8) is 0 Å². The van der Waals surface area contributed by atoms with Gasteiger partial charge in [-0.05, 0) is 12.0 Å². The molecule has 0 radical (unpaired) electrons. The molecule has 0 fully saturated rings. The van der Waals surface area contributed by atoms with E-state index in [-0.39, 0.29) is 0 Å². The molecular weight excluding hydrogens is 176 g/mol. The van der Waals surface area contributed by atoms with Crippen molar-refractivity contribution in [1.29, 1.82) is 0 Å². The molecule has 2 heterocycles. The fourth-order valence-electron chi connectivity index (χ4n) is 1.38. The van der Waals surface area contributed by atoms with E-state index in [4.69, 9.17) is 0 Å². The van der Waals surface area contributed by atoms with Crippen LogP contribution >= 0.6 is 0 Å². The van der Waals surface area contributed by atoms with E-state index in [1.165, 1.54) is 0 Å². The first-order chi connectivity index (χ1) is 6.75. The lowest BCUT2D eigenvalue weighted by molar-refractivity contribution is 0.484. The number of aromatic nitrogens is 4. The summed E-state index contributed by atoms with van der Waals surface area (Å²) in [6.45, 7) is 5.31. The lowest BCUT2D eigenvalue weighted by Crippen LogP contribution is -2.04. The lowest BCUT2D eigenvalue weighted by atomic mass is 10.2. The molecular formula is C10H14N4. The highest BCUT2D eigenvalue weighted by Crippen LogP contribution is 2.12. The van der Waals surface area contributed by atoms with Crippen LogP contribution in [0.25, 0.3) is 11.4 Å². The molecule has 74 valence electrons. The number of hydrogen-bond donors (Lipinski definition) is 1. The zero-order valence-electron chi connectivity index (χ0n) is 8.44. The predicted molar refractivity (Wildman–Crippen MR) is 54.6 cm³/mol. The third-order valence-electron chi connectivity index (χ3n) is 1.97. The van der Waals surface area contributed by atoms with Crippen LogP contribution in [0.15, 0.2) is 24.8 Å². The normalized spacial score (nSPS) is 11.1. The summed E-state index contributed by atoms with van der Waals surface area (Å²) < 4.78 is 1.96. The Morgan fingerprint density at radius 2 is 2.36 bits per heavy atom. The van der Waals surface area contributed by atoms with Gasteiger partial charge in [-0.3, -0.25) is 4.68 Å². The molecule has 14 heavy (non-hydrogen) atoms. The maximum Gasteiger partial charge on any atom is 0.110 e. The summed E-state index contributed by atoms with van der Waals surface area (Å²) in [5.41, 5.74) is 1.91. The van der Waals surface area contributed by atoms with Gasteiger partial charge in [0.1, 0.15) is 5.69 Å². The Morgan fingerprint density at radius 1 is 1.50 bits per heavy atom. The average Bonchev–Trinajstić information content (AvgIpc) is 2.69. The van der Waals surface area contributed by atoms with Crippen LogP contribution in [0.3, 0.4) is 0 Å². The predicted octanol–water partition coefficient (Wildman–Crippen LogP) is 1.93. The number of imidazole rings is 1. The highest BCUT2D eigenvalue weighted by molar-refractivity contribution is 5.51. The molecule has 4 heteroatoms. The maximum atomic E-state index is 4.44. The van der Waals surface area contributed by atoms with Gasteiger partial charge in [-0.2, -0.15) is 5.10 Å². The molecule has 0 amide bonds. The zero-order chi connectivity index (χ0) is 9.97. The molecule has 0 aliphatic heterocycles. The molecule has 0 bridgehead atoms. The Balaban J connectivity index is 2.18. The first kappa shape index (κ1) is 8.99. The minimum Gasteiger partial charge on any atom is -0.343 e. The number of hydrogen-bond acceptors (Lipinski definition) is 2. The minimum absolute atomic E-state index is 0.615. The maximum absolute atomic E-state index is 4.44. The van der Waals surface area contributed by atoms with E-state index in [1.54, 1.807) is 12.5 Å². The van der Waals surface area contributed by atoms with E-state index >= 15 is 0 Å². The highest BCUT2D eigenvalue weighted by Gasteiger charge is 2.03. The number of H-pyrrole nitrogens is 1. The smallest absolute Gasteiger partial charge is 0.110 e. The van der Waals surface area contributed by atoms with Crippen LogP contribution < -0.4 is 0 Å². The van der Waals surface area contributed by atoms with Crippen molar-refractivity contribution in [3.8, 4) is 11.4 Å². The van der Waals surface area contributed by atoms with Gasteiger partial charge in [0.05, 0.1) is 18.2 Å². The summed E-state index contributed by atoms with van der Waals surface area (Å²) >= 11 is 0. The number of aromatic amines is 1. The van der Waals surface area contributed by atoms with Crippen LogP contribution in [0.1, 0.15) is 13.8 Å². The van der Waals surface area contributed by atoms with Crippen LogP contribution in [-0.4, -0.2) is 19.7 Å². The van der Waals surface area contributed by atoms with Crippen LogP contribution in [-0.2, 0) is 6.54 Å². The molecule has 0 aliphatic carbocycles. The molecule has 2 rings (SSSR count). The minimum atomic E-state index is 0.615. The molecule has 0 spiro atoms. The first-order valence-corrected chi connectivity index (χ1v) is 4.78. The van der Waals surface area contributed by atoms with E-state index < -0.39 is 0 Å². The molecule has 2 aromatic rings. The van der Waals surface area contributed by atoms with Crippen molar-refractivity contribution >= 4 is 0 Å². The number of rotatable bonds is 3. The second-order valence-electron chi connectivity index (χ2n) is 3.78. The Labute approximate surface area is 83.0 Å².